The van der Waals surface area contributed by atoms with Crippen LogP contribution in [0.5, 0.6) is 0 Å². The second-order valence-corrected chi connectivity index (χ2v) is 8.56. The smallest absolute Gasteiger partial charge is 0.270 e. The van der Waals surface area contributed by atoms with E-state index >= 15 is 0 Å². The number of nitrogens with one attached hydrogen (secondary N) is 1. The number of imidazole rings is 1. The van der Waals surface area contributed by atoms with Gasteiger partial charge >= 0.3 is 0 Å². The quantitative estimate of drug-likeness (QED) is 0.708. The van der Waals surface area contributed by atoms with Gasteiger partial charge in [-0.2, -0.15) is 0 Å². The molecule has 0 aromatic carbocycles. The summed E-state index contributed by atoms with van der Waals surface area (Å²) in [6, 6.07) is 4.01. The van der Waals surface area contributed by atoms with Crippen molar-refractivity contribution < 1.29 is 4.79 Å². The molecule has 0 unspecified atom stereocenters. The van der Waals surface area contributed by atoms with Gasteiger partial charge in [0.25, 0.3) is 5.91 Å². The Balaban J connectivity index is 1.44. The number of aromatic nitrogens is 3. The fraction of sp³-hybridized carbons (Fsp3) is 0.500. The fourth-order valence-corrected chi connectivity index (χ4v) is 4.72. The summed E-state index contributed by atoms with van der Waals surface area (Å²) in [7, 11) is 4.20. The zero-order valence-electron chi connectivity index (χ0n) is 16.0. The number of carbonyl (C=O) groups excluding carboxylic acids is 1. The SMILES string of the molecule is CN(C)CCCn1ccnc1[C@@H]1CCCN(C(=O)c2cc3sccc3[nH]2)C1. The number of nitrogens with zero attached hydrogens (tertiary/aromatic N) is 4. The van der Waals surface area contributed by atoms with Gasteiger partial charge < -0.3 is 19.4 Å². The van der Waals surface area contributed by atoms with Crippen molar-refractivity contribution in [3.8, 4) is 0 Å². The third kappa shape index (κ3) is 3.94. The second kappa shape index (κ2) is 7.86. The van der Waals surface area contributed by atoms with Crippen LogP contribution in [0.15, 0.2) is 29.9 Å². The Morgan fingerprint density at radius 3 is 3.15 bits per heavy atom. The van der Waals surface area contributed by atoms with E-state index in [2.05, 4.69) is 39.7 Å². The number of fused-ring (bicyclic) bond motifs is 1. The number of aromatic amines is 1. The first-order valence-corrected chi connectivity index (χ1v) is 10.5. The number of H-pyrrole nitrogens is 1. The molecule has 6 nitrogen and oxygen atoms in total. The summed E-state index contributed by atoms with van der Waals surface area (Å²) >= 11 is 1.66. The number of amides is 1. The Hall–Kier alpha value is -2.12. The zero-order valence-corrected chi connectivity index (χ0v) is 16.8. The Labute approximate surface area is 163 Å². The molecule has 0 bridgehead atoms. The normalized spacial score (nSPS) is 17.9. The van der Waals surface area contributed by atoms with E-state index in [1.54, 1.807) is 11.3 Å². The third-order valence-electron chi connectivity index (χ3n) is 5.30. The molecule has 144 valence electrons. The van der Waals surface area contributed by atoms with Gasteiger partial charge in [-0.25, -0.2) is 4.98 Å². The van der Waals surface area contributed by atoms with Gasteiger partial charge in [0.2, 0.25) is 0 Å². The molecular weight excluding hydrogens is 358 g/mol. The summed E-state index contributed by atoms with van der Waals surface area (Å²) in [6.07, 6.45) is 7.19. The largest absolute Gasteiger partial charge is 0.350 e. The lowest BCUT2D eigenvalue weighted by Crippen LogP contribution is -2.40. The minimum absolute atomic E-state index is 0.105. The minimum atomic E-state index is 0.105. The van der Waals surface area contributed by atoms with Crippen molar-refractivity contribution in [1.29, 1.82) is 0 Å². The average molecular weight is 386 g/mol. The molecule has 1 aliphatic heterocycles. The van der Waals surface area contributed by atoms with Crippen LogP contribution in [-0.2, 0) is 6.54 Å². The summed E-state index contributed by atoms with van der Waals surface area (Å²) in [5.41, 5.74) is 1.75. The van der Waals surface area contributed by atoms with Crippen molar-refractivity contribution >= 4 is 27.5 Å². The Bertz CT molecular complexity index is 880. The molecule has 0 spiro atoms. The summed E-state index contributed by atoms with van der Waals surface area (Å²) in [6.45, 7) is 3.61. The highest BCUT2D eigenvalue weighted by molar-refractivity contribution is 7.17. The van der Waals surface area contributed by atoms with Crippen LogP contribution in [0.1, 0.15) is 41.5 Å². The summed E-state index contributed by atoms with van der Waals surface area (Å²) in [5.74, 6) is 1.54. The number of rotatable bonds is 6. The van der Waals surface area contributed by atoms with Crippen LogP contribution in [0.2, 0.25) is 0 Å². The van der Waals surface area contributed by atoms with Crippen LogP contribution in [0.3, 0.4) is 0 Å². The molecule has 1 N–H and O–H groups in total. The Kier molecular flexibility index (Phi) is 5.31. The number of carbonyl (C=O) groups is 1. The van der Waals surface area contributed by atoms with E-state index in [1.807, 2.05) is 28.6 Å². The third-order valence-corrected chi connectivity index (χ3v) is 6.16. The van der Waals surface area contributed by atoms with Gasteiger partial charge in [-0.05, 0) is 57.4 Å². The van der Waals surface area contributed by atoms with E-state index in [4.69, 9.17) is 0 Å². The highest BCUT2D eigenvalue weighted by Crippen LogP contribution is 2.28. The minimum Gasteiger partial charge on any atom is -0.350 e. The molecular formula is C20H27N5OS. The molecule has 1 aliphatic rings. The topological polar surface area (TPSA) is 57.2 Å². The lowest BCUT2D eigenvalue weighted by Gasteiger charge is -2.32. The van der Waals surface area contributed by atoms with Gasteiger partial charge in [0, 0.05) is 37.9 Å². The predicted molar refractivity (Wildman–Crippen MR) is 109 cm³/mol. The highest BCUT2D eigenvalue weighted by atomic mass is 32.1. The van der Waals surface area contributed by atoms with Crippen LogP contribution < -0.4 is 0 Å². The van der Waals surface area contributed by atoms with E-state index < -0.39 is 0 Å². The van der Waals surface area contributed by atoms with Gasteiger partial charge in [-0.1, -0.05) is 0 Å². The van der Waals surface area contributed by atoms with Gasteiger partial charge in [0.15, 0.2) is 0 Å². The van der Waals surface area contributed by atoms with Crippen LogP contribution in [0.25, 0.3) is 10.2 Å². The number of piperidine rings is 1. The van der Waals surface area contributed by atoms with Crippen molar-refractivity contribution in [1.82, 2.24) is 24.3 Å². The Morgan fingerprint density at radius 1 is 1.44 bits per heavy atom. The first kappa shape index (κ1) is 18.3. The number of aryl methyl sites for hydroxylation is 1. The monoisotopic (exact) mass is 385 g/mol. The molecule has 3 aromatic heterocycles. The molecule has 0 aliphatic carbocycles. The fourth-order valence-electron chi connectivity index (χ4n) is 3.93. The van der Waals surface area contributed by atoms with Crippen LogP contribution >= 0.6 is 11.3 Å². The average Bonchev–Trinajstić information content (AvgIpc) is 3.36. The molecule has 0 radical (unpaired) electrons. The number of thiophene rings is 1. The molecule has 1 atom stereocenters. The number of hydrogen-bond acceptors (Lipinski definition) is 4. The molecule has 0 saturated carbocycles. The molecule has 1 amide bonds. The predicted octanol–water partition coefficient (Wildman–Crippen LogP) is 3.40. The molecule has 27 heavy (non-hydrogen) atoms. The van der Waals surface area contributed by atoms with E-state index in [0.29, 0.717) is 11.6 Å². The number of hydrogen-bond donors (Lipinski definition) is 1. The van der Waals surface area contributed by atoms with Crippen molar-refractivity contribution in [2.75, 3.05) is 33.7 Å². The number of likely N-dealkylation sites (tertiary alicyclic amines) is 1. The van der Waals surface area contributed by atoms with E-state index in [9.17, 15) is 4.79 Å². The van der Waals surface area contributed by atoms with Crippen LogP contribution in [0.4, 0.5) is 0 Å². The lowest BCUT2D eigenvalue weighted by atomic mass is 9.96. The summed E-state index contributed by atoms with van der Waals surface area (Å²) < 4.78 is 3.41. The molecule has 4 rings (SSSR count). The molecule has 7 heteroatoms. The second-order valence-electron chi connectivity index (χ2n) is 7.61. The van der Waals surface area contributed by atoms with Crippen molar-refractivity contribution in [3.05, 3.63) is 41.4 Å². The molecule has 4 heterocycles. The standard InChI is InChI=1S/C20H27N5OS/c1-23(2)8-4-10-24-11-7-21-19(24)15-5-3-9-25(14-15)20(26)17-13-18-16(22-17)6-12-27-18/h6-7,11-13,15,22H,3-5,8-10,14H2,1-2H3/t15-/m1/s1. The summed E-state index contributed by atoms with van der Waals surface area (Å²) in [4.78, 5) is 25.1. The first-order chi connectivity index (χ1) is 13.1. The van der Waals surface area contributed by atoms with E-state index in [-0.39, 0.29) is 5.91 Å². The van der Waals surface area contributed by atoms with Gasteiger partial charge in [0.05, 0.1) is 10.2 Å². The molecule has 1 fully saturated rings. The van der Waals surface area contributed by atoms with Crippen molar-refractivity contribution in [2.45, 2.75) is 31.7 Å². The summed E-state index contributed by atoms with van der Waals surface area (Å²) in [5, 5.41) is 2.04. The van der Waals surface area contributed by atoms with Crippen LogP contribution in [0, 0.1) is 0 Å². The van der Waals surface area contributed by atoms with Crippen LogP contribution in [-0.4, -0.2) is 64.0 Å². The van der Waals surface area contributed by atoms with E-state index in [0.717, 1.165) is 61.5 Å². The van der Waals surface area contributed by atoms with Gasteiger partial charge in [0.1, 0.15) is 11.5 Å². The van der Waals surface area contributed by atoms with Gasteiger partial charge in [-0.3, -0.25) is 4.79 Å². The maximum absolute atomic E-state index is 13.0. The van der Waals surface area contributed by atoms with Gasteiger partial charge in [-0.15, -0.1) is 11.3 Å². The highest BCUT2D eigenvalue weighted by Gasteiger charge is 2.28. The first-order valence-electron chi connectivity index (χ1n) is 9.63. The molecule has 1 saturated heterocycles. The van der Waals surface area contributed by atoms with Crippen molar-refractivity contribution in [2.24, 2.45) is 0 Å². The lowest BCUT2D eigenvalue weighted by molar-refractivity contribution is 0.0698. The zero-order chi connectivity index (χ0) is 18.8. The maximum atomic E-state index is 13.0. The van der Waals surface area contributed by atoms with Crippen molar-refractivity contribution in [3.63, 3.8) is 0 Å². The Morgan fingerprint density at radius 2 is 2.33 bits per heavy atom. The molecule has 3 aromatic rings. The maximum Gasteiger partial charge on any atom is 0.270 e. The van der Waals surface area contributed by atoms with E-state index in [1.165, 1.54) is 0 Å².